The Balaban J connectivity index is -0.000000185. The molecule has 0 bridgehead atoms. The molecule has 0 saturated carbocycles. The number of nitriles is 2. The first-order valence-electron chi connectivity index (χ1n) is 9.67. The lowest BCUT2D eigenvalue weighted by Gasteiger charge is -2.00. The number of nitrogens with two attached hydrogens (primary N) is 2. The van der Waals surface area contributed by atoms with Crippen molar-refractivity contribution in [3.05, 3.63) is 0 Å². The molecule has 1 rings (SSSR count). The number of hydrogen-bond donors (Lipinski definition) is 5. The van der Waals surface area contributed by atoms with E-state index in [-0.39, 0.29) is 13.0 Å². The fourth-order valence-electron chi connectivity index (χ4n) is 1.23. The standard InChI is InChI=1S/C6H12N2O2S2.C4H8N2O2S.C3H6N2.C2H7NS.CH3ClO2S/c1-12(9,10)8-3-2-6-7-4-5-11-6;1-9(7,8)6-4-2-3-5;4-2-1-3-5;3-1-2-4;1-5(2,3)4/h8H,2-5H2,1H3;6H,2,4H2,1H3;1-2,4H2;4H,1-3H2;1H3. The minimum absolute atomic E-state index is 0.204. The third kappa shape index (κ3) is 65.6. The summed E-state index contributed by atoms with van der Waals surface area (Å²) in [5.41, 5.74) is 9.87. The number of thioether (sulfide) groups is 1. The molecular weight excluding hydrogens is 582 g/mol. The van der Waals surface area contributed by atoms with Crippen LogP contribution in [-0.2, 0) is 29.1 Å². The van der Waals surface area contributed by atoms with Crippen LogP contribution in [0.3, 0.4) is 0 Å². The Morgan fingerprint density at radius 1 is 0.971 bits per heavy atom. The van der Waals surface area contributed by atoms with Crippen LogP contribution < -0.4 is 20.9 Å². The molecule has 1 aliphatic rings. The number of nitrogens with one attached hydrogen (secondary N) is 2. The predicted molar refractivity (Wildman–Crippen MR) is 148 cm³/mol. The van der Waals surface area contributed by atoms with Gasteiger partial charge in [0.25, 0.3) is 0 Å². The summed E-state index contributed by atoms with van der Waals surface area (Å²) in [6, 6.07) is 3.71. The number of hydrogen-bond acceptors (Lipinski definition) is 13. The van der Waals surface area contributed by atoms with Gasteiger partial charge >= 0.3 is 0 Å². The first kappa shape index (κ1) is 41.5. The second-order valence-corrected chi connectivity index (χ2v) is 14.3. The Morgan fingerprint density at radius 2 is 1.40 bits per heavy atom. The zero-order valence-electron chi connectivity index (χ0n) is 20.0. The largest absolute Gasteiger partial charge is 0.330 e. The normalized spacial score (nSPS) is 12.3. The van der Waals surface area contributed by atoms with Gasteiger partial charge in [0.15, 0.2) is 0 Å². The van der Waals surface area contributed by atoms with E-state index in [0.717, 1.165) is 48.3 Å². The highest BCUT2D eigenvalue weighted by Crippen LogP contribution is 2.13. The second kappa shape index (κ2) is 26.4. The molecule has 0 amide bonds. The van der Waals surface area contributed by atoms with E-state index in [1.807, 2.05) is 12.1 Å². The highest BCUT2D eigenvalue weighted by Gasteiger charge is 2.07. The Kier molecular flexibility index (Phi) is 31.3. The Morgan fingerprint density at radius 3 is 1.66 bits per heavy atom. The molecule has 1 heterocycles. The van der Waals surface area contributed by atoms with Crippen molar-refractivity contribution in [2.24, 2.45) is 16.5 Å². The van der Waals surface area contributed by atoms with E-state index in [9.17, 15) is 25.3 Å². The van der Waals surface area contributed by atoms with Gasteiger partial charge in [0.05, 0.1) is 35.9 Å². The van der Waals surface area contributed by atoms with Crippen LogP contribution in [0.4, 0.5) is 0 Å². The van der Waals surface area contributed by atoms with Gasteiger partial charge in [-0.25, -0.2) is 34.7 Å². The molecule has 0 unspecified atom stereocenters. The van der Waals surface area contributed by atoms with Crippen molar-refractivity contribution < 1.29 is 25.3 Å². The van der Waals surface area contributed by atoms with Gasteiger partial charge in [0.2, 0.25) is 29.1 Å². The number of halogens is 1. The lowest BCUT2D eigenvalue weighted by Crippen LogP contribution is -2.24. The van der Waals surface area contributed by atoms with Gasteiger partial charge in [-0.3, -0.25) is 4.99 Å². The van der Waals surface area contributed by atoms with Crippen LogP contribution in [0.15, 0.2) is 4.99 Å². The average molecular weight is 618 g/mol. The van der Waals surface area contributed by atoms with Crippen LogP contribution in [0, 0.1) is 22.7 Å². The summed E-state index contributed by atoms with van der Waals surface area (Å²) in [6.07, 6.45) is 4.56. The van der Waals surface area contributed by atoms with E-state index >= 15 is 0 Å². The first-order chi connectivity index (χ1) is 16.0. The van der Waals surface area contributed by atoms with Crippen LogP contribution >= 0.6 is 35.1 Å². The number of nitrogens with zero attached hydrogens (tertiary/aromatic N) is 3. The van der Waals surface area contributed by atoms with E-state index < -0.39 is 29.1 Å². The zero-order valence-corrected chi connectivity index (χ0v) is 24.9. The Bertz CT molecular complexity index is 936. The van der Waals surface area contributed by atoms with E-state index in [2.05, 4.69) is 37.7 Å². The summed E-state index contributed by atoms with van der Waals surface area (Å²) >= 11 is 5.50. The minimum atomic E-state index is -3.19. The molecular formula is C16H36ClN7O6S5. The van der Waals surface area contributed by atoms with Crippen LogP contribution in [0.25, 0.3) is 0 Å². The van der Waals surface area contributed by atoms with Gasteiger partial charge in [0.1, 0.15) is 0 Å². The molecule has 0 aromatic heterocycles. The van der Waals surface area contributed by atoms with E-state index in [1.54, 1.807) is 11.8 Å². The van der Waals surface area contributed by atoms with Crippen LogP contribution in [0.5, 0.6) is 0 Å². The van der Waals surface area contributed by atoms with Crippen LogP contribution in [0.1, 0.15) is 19.3 Å². The Hall–Kier alpha value is -0.670. The number of sulfonamides is 2. The van der Waals surface area contributed by atoms with Crippen molar-refractivity contribution in [1.82, 2.24) is 9.44 Å². The van der Waals surface area contributed by atoms with Crippen LogP contribution in [0.2, 0.25) is 0 Å². The topological polar surface area (TPSA) is 238 Å². The van der Waals surface area contributed by atoms with E-state index in [1.165, 1.54) is 0 Å². The molecule has 13 nitrogen and oxygen atoms in total. The highest BCUT2D eigenvalue weighted by atomic mass is 35.7. The molecule has 0 spiro atoms. The van der Waals surface area contributed by atoms with Gasteiger partial charge in [0, 0.05) is 74.2 Å². The second-order valence-electron chi connectivity index (χ2n) is 6.01. The maximum atomic E-state index is 10.6. The smallest absolute Gasteiger partial charge is 0.229 e. The molecule has 0 aliphatic carbocycles. The van der Waals surface area contributed by atoms with Gasteiger partial charge in [-0.05, 0) is 0 Å². The molecule has 0 saturated heterocycles. The maximum Gasteiger partial charge on any atom is 0.229 e. The van der Waals surface area contributed by atoms with Gasteiger partial charge in [-0.2, -0.15) is 23.2 Å². The summed E-state index contributed by atoms with van der Waals surface area (Å²) in [5, 5.41) is 16.8. The molecule has 208 valence electrons. The Labute approximate surface area is 224 Å². The summed E-state index contributed by atoms with van der Waals surface area (Å²) in [7, 11) is -4.82. The van der Waals surface area contributed by atoms with Gasteiger partial charge in [-0.1, -0.05) is 0 Å². The van der Waals surface area contributed by atoms with Crippen molar-refractivity contribution in [2.45, 2.75) is 19.3 Å². The summed E-state index contributed by atoms with van der Waals surface area (Å²) < 4.78 is 65.3. The van der Waals surface area contributed by atoms with Gasteiger partial charge < -0.3 is 11.5 Å². The fourth-order valence-corrected chi connectivity index (χ4v) is 3.02. The fraction of sp³-hybridized carbons (Fsp3) is 0.812. The molecule has 0 atom stereocenters. The average Bonchev–Trinajstić information content (AvgIpc) is 3.20. The number of aliphatic imine (C=N–C) groups is 1. The van der Waals surface area contributed by atoms with Crippen molar-refractivity contribution in [3.63, 3.8) is 0 Å². The minimum Gasteiger partial charge on any atom is -0.330 e. The van der Waals surface area contributed by atoms with E-state index in [0.29, 0.717) is 26.1 Å². The summed E-state index contributed by atoms with van der Waals surface area (Å²) in [6.45, 7) is 2.71. The summed E-state index contributed by atoms with van der Waals surface area (Å²) in [4.78, 5) is 4.20. The zero-order chi connectivity index (χ0) is 28.4. The summed E-state index contributed by atoms with van der Waals surface area (Å²) in [5.74, 6) is 1.83. The first-order valence-corrected chi connectivity index (χ1v) is 17.8. The third-order valence-corrected chi connectivity index (χ3v) is 5.11. The highest BCUT2D eigenvalue weighted by molar-refractivity contribution is 8.14. The lowest BCUT2D eigenvalue weighted by molar-refractivity contribution is 0.587. The van der Waals surface area contributed by atoms with Crippen molar-refractivity contribution >= 4 is 69.2 Å². The maximum absolute atomic E-state index is 10.6. The molecule has 6 N–H and O–H groups in total. The molecule has 0 aromatic rings. The third-order valence-electron chi connectivity index (χ3n) is 2.34. The molecule has 19 heteroatoms. The van der Waals surface area contributed by atoms with Crippen LogP contribution in [-0.4, -0.2) is 93.3 Å². The molecule has 0 fully saturated rings. The van der Waals surface area contributed by atoms with Gasteiger partial charge in [-0.15, -0.1) is 11.8 Å². The van der Waals surface area contributed by atoms with E-state index in [4.69, 9.17) is 22.0 Å². The molecule has 0 aromatic carbocycles. The lowest BCUT2D eigenvalue weighted by atomic mass is 10.5. The SMILES string of the molecule is CS(=O)(=O)Cl.CS(=O)(=O)NCCC#N.CS(=O)(=O)NCCC1=NCCS1.N#CCCN.NCCS. The van der Waals surface area contributed by atoms with Crippen molar-refractivity contribution in [3.8, 4) is 12.1 Å². The number of thiol groups is 1. The predicted octanol–water partition coefficient (Wildman–Crippen LogP) is -0.561. The van der Waals surface area contributed by atoms with Crippen molar-refractivity contribution in [2.75, 3.05) is 63.0 Å². The number of rotatable bonds is 9. The van der Waals surface area contributed by atoms with Crippen molar-refractivity contribution in [1.29, 1.82) is 10.5 Å². The molecule has 0 radical (unpaired) electrons. The quantitative estimate of drug-likeness (QED) is 0.125. The monoisotopic (exact) mass is 617 g/mol. The molecule has 35 heavy (non-hydrogen) atoms. The molecule has 1 aliphatic heterocycles.